The van der Waals surface area contributed by atoms with Gasteiger partial charge in [-0.2, -0.15) is 0 Å². The number of carbonyl (C=O) groups is 1. The van der Waals surface area contributed by atoms with Gasteiger partial charge in [0.1, 0.15) is 0 Å². The number of likely N-dealkylation sites (tertiary alicyclic amines) is 1. The number of benzene rings is 1. The van der Waals surface area contributed by atoms with Crippen LogP contribution in [0.2, 0.25) is 0 Å². The standard InChI is InChI=1S/C19H28N2O3/c1-14(24-3)15-6-4-9-17(10-15)20-18(22)21-11-19(12-21,13-23-2)16-7-5-8-16/h4,6,9-10,14,16H,5,7-8,11-13H2,1-3H3,(H,20,22). The number of nitrogens with zero attached hydrogens (tertiary/aromatic N) is 1. The first-order valence-electron chi connectivity index (χ1n) is 8.75. The zero-order chi connectivity index (χ0) is 17.2. The molecule has 0 bridgehead atoms. The van der Waals surface area contributed by atoms with Gasteiger partial charge in [-0.25, -0.2) is 4.79 Å². The molecule has 1 heterocycles. The maximum atomic E-state index is 12.5. The van der Waals surface area contributed by atoms with Gasteiger partial charge in [0.15, 0.2) is 0 Å². The number of methoxy groups -OCH3 is 2. The second kappa shape index (κ2) is 7.11. The summed E-state index contributed by atoms with van der Waals surface area (Å²) >= 11 is 0. The highest BCUT2D eigenvalue weighted by Crippen LogP contribution is 2.48. The predicted octanol–water partition coefficient (Wildman–Crippen LogP) is 3.67. The highest BCUT2D eigenvalue weighted by Gasteiger charge is 2.52. The molecular formula is C19H28N2O3. The molecule has 0 spiro atoms. The van der Waals surface area contributed by atoms with E-state index in [-0.39, 0.29) is 17.6 Å². The molecule has 5 heteroatoms. The first kappa shape index (κ1) is 17.2. The van der Waals surface area contributed by atoms with Crippen LogP contribution in [0.25, 0.3) is 0 Å². The minimum absolute atomic E-state index is 0.0128. The van der Waals surface area contributed by atoms with E-state index in [4.69, 9.17) is 9.47 Å². The van der Waals surface area contributed by atoms with Crippen molar-refractivity contribution in [2.24, 2.45) is 11.3 Å². The highest BCUT2D eigenvalue weighted by atomic mass is 16.5. The third kappa shape index (κ3) is 3.28. The Bertz CT molecular complexity index is 580. The van der Waals surface area contributed by atoms with E-state index in [0.29, 0.717) is 5.92 Å². The largest absolute Gasteiger partial charge is 0.384 e. The Hall–Kier alpha value is -1.59. The van der Waals surface area contributed by atoms with Gasteiger partial charge in [0.05, 0.1) is 12.7 Å². The summed E-state index contributed by atoms with van der Waals surface area (Å²) in [7, 11) is 3.44. The van der Waals surface area contributed by atoms with Crippen LogP contribution in [-0.4, -0.2) is 44.8 Å². The molecule has 3 rings (SSSR count). The molecule has 1 unspecified atom stereocenters. The lowest BCUT2D eigenvalue weighted by atomic mass is 9.61. The molecule has 2 fully saturated rings. The van der Waals surface area contributed by atoms with Crippen LogP contribution in [0.1, 0.15) is 37.9 Å². The van der Waals surface area contributed by atoms with E-state index in [2.05, 4.69) is 5.32 Å². The zero-order valence-electron chi connectivity index (χ0n) is 14.9. The fourth-order valence-electron chi connectivity index (χ4n) is 3.84. The molecule has 132 valence electrons. The highest BCUT2D eigenvalue weighted by molar-refractivity contribution is 5.90. The van der Waals surface area contributed by atoms with Gasteiger partial charge in [-0.15, -0.1) is 0 Å². The normalized spacial score (nSPS) is 20.9. The van der Waals surface area contributed by atoms with E-state index in [9.17, 15) is 4.79 Å². The summed E-state index contributed by atoms with van der Waals surface area (Å²) in [4.78, 5) is 14.4. The molecule has 2 aliphatic rings. The Kier molecular flexibility index (Phi) is 5.11. The van der Waals surface area contributed by atoms with Crippen molar-refractivity contribution in [3.63, 3.8) is 0 Å². The molecule has 2 amide bonds. The molecule has 24 heavy (non-hydrogen) atoms. The number of ether oxygens (including phenoxy) is 2. The van der Waals surface area contributed by atoms with E-state index in [0.717, 1.165) is 30.9 Å². The molecule has 5 nitrogen and oxygen atoms in total. The Morgan fingerprint density at radius 1 is 1.38 bits per heavy atom. The van der Waals surface area contributed by atoms with Crippen LogP contribution < -0.4 is 5.32 Å². The average molecular weight is 332 g/mol. The van der Waals surface area contributed by atoms with E-state index in [1.807, 2.05) is 36.1 Å². The lowest BCUT2D eigenvalue weighted by Gasteiger charge is -2.56. The van der Waals surface area contributed by atoms with Crippen molar-refractivity contribution in [1.29, 1.82) is 0 Å². The van der Waals surface area contributed by atoms with Gasteiger partial charge in [0.2, 0.25) is 0 Å². The van der Waals surface area contributed by atoms with E-state index < -0.39 is 0 Å². The molecule has 1 saturated carbocycles. The van der Waals surface area contributed by atoms with Crippen LogP contribution in [0.5, 0.6) is 0 Å². The number of hydrogen-bond donors (Lipinski definition) is 1. The summed E-state index contributed by atoms with van der Waals surface area (Å²) in [6.45, 7) is 4.34. The van der Waals surface area contributed by atoms with Crippen molar-refractivity contribution >= 4 is 11.7 Å². The van der Waals surface area contributed by atoms with Crippen LogP contribution in [0, 0.1) is 11.3 Å². The quantitative estimate of drug-likeness (QED) is 0.864. The maximum Gasteiger partial charge on any atom is 0.321 e. The minimum atomic E-state index is -0.0247. The lowest BCUT2D eigenvalue weighted by molar-refractivity contribution is -0.0920. The average Bonchev–Trinajstić information content (AvgIpc) is 2.49. The number of nitrogens with one attached hydrogen (secondary N) is 1. The first-order valence-corrected chi connectivity index (χ1v) is 8.75. The van der Waals surface area contributed by atoms with Gasteiger partial charge in [-0.3, -0.25) is 0 Å². The fourth-order valence-corrected chi connectivity index (χ4v) is 3.84. The zero-order valence-corrected chi connectivity index (χ0v) is 14.9. The summed E-state index contributed by atoms with van der Waals surface area (Å²) in [6.07, 6.45) is 3.87. The summed E-state index contributed by atoms with van der Waals surface area (Å²) in [5.74, 6) is 0.715. The summed E-state index contributed by atoms with van der Waals surface area (Å²) in [6, 6.07) is 7.81. The van der Waals surface area contributed by atoms with Gasteiger partial charge in [-0.05, 0) is 43.4 Å². The third-order valence-electron chi connectivity index (χ3n) is 5.66. The molecule has 0 aromatic heterocycles. The summed E-state index contributed by atoms with van der Waals surface area (Å²) < 4.78 is 10.8. The van der Waals surface area contributed by atoms with Crippen LogP contribution in [0.4, 0.5) is 10.5 Å². The summed E-state index contributed by atoms with van der Waals surface area (Å²) in [5.41, 5.74) is 2.05. The number of urea groups is 1. The Morgan fingerprint density at radius 3 is 2.71 bits per heavy atom. The van der Waals surface area contributed by atoms with E-state index in [1.54, 1.807) is 14.2 Å². The van der Waals surface area contributed by atoms with Crippen LogP contribution >= 0.6 is 0 Å². The number of carbonyl (C=O) groups excluding carboxylic acids is 1. The molecule has 1 saturated heterocycles. The molecular weight excluding hydrogens is 304 g/mol. The topological polar surface area (TPSA) is 50.8 Å². The fraction of sp³-hybridized carbons (Fsp3) is 0.632. The molecule has 1 aromatic rings. The number of rotatable bonds is 6. The number of hydrogen-bond acceptors (Lipinski definition) is 3. The van der Waals surface area contributed by atoms with Crippen molar-refractivity contribution in [2.75, 3.05) is 39.2 Å². The lowest BCUT2D eigenvalue weighted by Crippen LogP contribution is -2.65. The predicted molar refractivity (Wildman–Crippen MR) is 94.1 cm³/mol. The maximum absolute atomic E-state index is 12.5. The Balaban J connectivity index is 1.58. The van der Waals surface area contributed by atoms with Crippen molar-refractivity contribution in [1.82, 2.24) is 4.90 Å². The van der Waals surface area contributed by atoms with Crippen LogP contribution in [-0.2, 0) is 9.47 Å². The Labute approximate surface area is 144 Å². The van der Waals surface area contributed by atoms with Crippen molar-refractivity contribution < 1.29 is 14.3 Å². The molecule has 1 aliphatic carbocycles. The van der Waals surface area contributed by atoms with E-state index in [1.165, 1.54) is 19.3 Å². The van der Waals surface area contributed by atoms with Crippen LogP contribution in [0.15, 0.2) is 24.3 Å². The molecule has 0 radical (unpaired) electrons. The van der Waals surface area contributed by atoms with Gasteiger partial charge in [-0.1, -0.05) is 18.6 Å². The molecule has 1 aromatic carbocycles. The van der Waals surface area contributed by atoms with Crippen molar-refractivity contribution in [2.45, 2.75) is 32.3 Å². The van der Waals surface area contributed by atoms with Gasteiger partial charge in [0, 0.05) is 38.4 Å². The third-order valence-corrected chi connectivity index (χ3v) is 5.66. The van der Waals surface area contributed by atoms with Crippen molar-refractivity contribution in [3.05, 3.63) is 29.8 Å². The minimum Gasteiger partial charge on any atom is -0.384 e. The van der Waals surface area contributed by atoms with Gasteiger partial charge >= 0.3 is 6.03 Å². The number of anilines is 1. The van der Waals surface area contributed by atoms with Crippen molar-refractivity contribution in [3.8, 4) is 0 Å². The van der Waals surface area contributed by atoms with Gasteiger partial charge in [0.25, 0.3) is 0 Å². The molecule has 1 aliphatic heterocycles. The van der Waals surface area contributed by atoms with Crippen LogP contribution in [0.3, 0.4) is 0 Å². The molecule has 1 atom stereocenters. The SMILES string of the molecule is COCC1(C2CCC2)CN(C(=O)Nc2cccc(C(C)OC)c2)C1. The van der Waals surface area contributed by atoms with Gasteiger partial charge < -0.3 is 19.7 Å². The number of amides is 2. The van der Waals surface area contributed by atoms with E-state index >= 15 is 0 Å². The molecule has 1 N–H and O–H groups in total. The smallest absolute Gasteiger partial charge is 0.321 e. The monoisotopic (exact) mass is 332 g/mol. The first-order chi connectivity index (χ1) is 11.6. The second-order valence-corrected chi connectivity index (χ2v) is 7.21. The Morgan fingerprint density at radius 2 is 2.12 bits per heavy atom. The second-order valence-electron chi connectivity index (χ2n) is 7.21. The summed E-state index contributed by atoms with van der Waals surface area (Å²) in [5, 5.41) is 3.01.